The van der Waals surface area contributed by atoms with Gasteiger partial charge in [0.2, 0.25) is 0 Å². The second kappa shape index (κ2) is 7.79. The summed E-state index contributed by atoms with van der Waals surface area (Å²) in [5.74, 6) is 0.996. The molecule has 0 atom stereocenters. The van der Waals surface area contributed by atoms with Crippen molar-refractivity contribution in [3.05, 3.63) is 84.3 Å². The molecule has 140 valence electrons. The van der Waals surface area contributed by atoms with Crippen molar-refractivity contribution in [1.82, 2.24) is 14.9 Å². The van der Waals surface area contributed by atoms with E-state index in [9.17, 15) is 4.79 Å². The highest BCUT2D eigenvalue weighted by molar-refractivity contribution is 6.03. The first kappa shape index (κ1) is 17.5. The molecule has 7 nitrogen and oxygen atoms in total. The van der Waals surface area contributed by atoms with E-state index in [1.165, 1.54) is 0 Å². The number of benzene rings is 2. The number of nitrogens with one attached hydrogen (secondary N) is 1. The summed E-state index contributed by atoms with van der Waals surface area (Å²) in [5.41, 5.74) is 2.73. The molecule has 0 aliphatic rings. The highest BCUT2D eigenvalue weighted by atomic mass is 16.5. The van der Waals surface area contributed by atoms with Crippen LogP contribution in [0.2, 0.25) is 0 Å². The smallest absolute Gasteiger partial charge is 0.277 e. The number of carbonyl (C=O) groups is 1. The molecule has 2 aromatic carbocycles. The Kier molecular flexibility index (Phi) is 4.88. The lowest BCUT2D eigenvalue weighted by Crippen LogP contribution is -2.11. The third-order valence-electron chi connectivity index (χ3n) is 4.20. The fraction of sp³-hybridized carbons (Fsp3) is 0.0952. The van der Waals surface area contributed by atoms with Crippen LogP contribution in [0.3, 0.4) is 0 Å². The van der Waals surface area contributed by atoms with Crippen LogP contribution in [0.4, 0.5) is 5.69 Å². The molecular formula is C21H18N4O3. The maximum Gasteiger partial charge on any atom is 0.277 e. The first-order chi connectivity index (χ1) is 13.7. The van der Waals surface area contributed by atoms with Gasteiger partial charge in [-0.05, 0) is 17.7 Å². The molecule has 4 rings (SSSR count). The molecular weight excluding hydrogens is 356 g/mol. The molecule has 0 fully saturated rings. The molecule has 2 aromatic heterocycles. The van der Waals surface area contributed by atoms with Gasteiger partial charge in [-0.3, -0.25) is 9.48 Å². The van der Waals surface area contributed by atoms with E-state index in [1.807, 2.05) is 54.6 Å². The molecule has 0 aliphatic heterocycles. The number of methoxy groups -OCH3 is 1. The number of carbonyl (C=O) groups excluding carboxylic acids is 1. The number of rotatable bonds is 6. The van der Waals surface area contributed by atoms with Gasteiger partial charge >= 0.3 is 0 Å². The van der Waals surface area contributed by atoms with Crippen LogP contribution in [0.15, 0.2) is 77.6 Å². The van der Waals surface area contributed by atoms with Gasteiger partial charge in [0, 0.05) is 17.8 Å². The Hall–Kier alpha value is -3.87. The zero-order valence-corrected chi connectivity index (χ0v) is 15.2. The summed E-state index contributed by atoms with van der Waals surface area (Å²) in [4.78, 5) is 12.4. The molecule has 0 saturated heterocycles. The van der Waals surface area contributed by atoms with Crippen LogP contribution in [0.5, 0.6) is 5.75 Å². The van der Waals surface area contributed by atoms with Crippen LogP contribution in [-0.4, -0.2) is 28.0 Å². The van der Waals surface area contributed by atoms with Crippen molar-refractivity contribution >= 4 is 11.6 Å². The van der Waals surface area contributed by atoms with E-state index < -0.39 is 0 Å². The number of hydrogen-bond acceptors (Lipinski definition) is 5. The summed E-state index contributed by atoms with van der Waals surface area (Å²) in [6, 6.07) is 18.9. The third-order valence-corrected chi connectivity index (χ3v) is 4.20. The molecule has 0 unspecified atom stereocenters. The van der Waals surface area contributed by atoms with E-state index in [0.717, 1.165) is 16.9 Å². The van der Waals surface area contributed by atoms with Crippen molar-refractivity contribution in [3.8, 4) is 17.1 Å². The SMILES string of the molecule is COc1ccc(Cn2cc(NC(=O)c3cc(-c4ccccc4)on3)cn2)cc1. The van der Waals surface area contributed by atoms with Crippen molar-refractivity contribution in [1.29, 1.82) is 0 Å². The molecule has 2 heterocycles. The number of aromatic nitrogens is 3. The number of ether oxygens (including phenoxy) is 1. The molecule has 1 N–H and O–H groups in total. The number of hydrogen-bond donors (Lipinski definition) is 1. The minimum Gasteiger partial charge on any atom is -0.497 e. The lowest BCUT2D eigenvalue weighted by atomic mass is 10.1. The Balaban J connectivity index is 1.41. The molecule has 0 spiro atoms. The fourth-order valence-electron chi connectivity index (χ4n) is 2.75. The summed E-state index contributed by atoms with van der Waals surface area (Å²) < 4.78 is 12.2. The monoisotopic (exact) mass is 374 g/mol. The van der Waals surface area contributed by atoms with Crippen LogP contribution in [0.25, 0.3) is 11.3 Å². The van der Waals surface area contributed by atoms with Crippen molar-refractivity contribution in [2.24, 2.45) is 0 Å². The molecule has 0 saturated carbocycles. The minimum absolute atomic E-state index is 0.210. The van der Waals surface area contributed by atoms with Gasteiger partial charge in [0.1, 0.15) is 5.75 Å². The third kappa shape index (κ3) is 3.93. The Morgan fingerprint density at radius 2 is 1.93 bits per heavy atom. The van der Waals surface area contributed by atoms with Gasteiger partial charge in [-0.15, -0.1) is 0 Å². The molecule has 1 amide bonds. The van der Waals surface area contributed by atoms with Crippen molar-refractivity contribution in [2.75, 3.05) is 12.4 Å². The summed E-state index contributed by atoms with van der Waals surface area (Å²) in [5, 5.41) is 10.9. The van der Waals surface area contributed by atoms with Crippen molar-refractivity contribution in [2.45, 2.75) is 6.54 Å². The van der Waals surface area contributed by atoms with E-state index in [-0.39, 0.29) is 11.6 Å². The van der Waals surface area contributed by atoms with Gasteiger partial charge in [0.15, 0.2) is 11.5 Å². The Bertz CT molecular complexity index is 1070. The van der Waals surface area contributed by atoms with E-state index in [4.69, 9.17) is 9.26 Å². The maximum absolute atomic E-state index is 12.4. The molecule has 4 aromatic rings. The molecule has 0 bridgehead atoms. The van der Waals surface area contributed by atoms with Crippen molar-refractivity contribution < 1.29 is 14.1 Å². The molecule has 0 radical (unpaired) electrons. The van der Waals surface area contributed by atoms with Crippen LogP contribution in [0.1, 0.15) is 16.1 Å². The highest BCUT2D eigenvalue weighted by Crippen LogP contribution is 2.20. The zero-order chi connectivity index (χ0) is 19.3. The minimum atomic E-state index is -0.352. The van der Waals surface area contributed by atoms with Crippen LogP contribution < -0.4 is 10.1 Å². The number of anilines is 1. The second-order valence-corrected chi connectivity index (χ2v) is 6.17. The highest BCUT2D eigenvalue weighted by Gasteiger charge is 2.14. The fourth-order valence-corrected chi connectivity index (χ4v) is 2.75. The van der Waals surface area contributed by atoms with Gasteiger partial charge in [0.25, 0.3) is 5.91 Å². The average molecular weight is 374 g/mol. The Morgan fingerprint density at radius 1 is 1.14 bits per heavy atom. The first-order valence-corrected chi connectivity index (χ1v) is 8.70. The van der Waals surface area contributed by atoms with Gasteiger partial charge in [-0.2, -0.15) is 5.10 Å². The maximum atomic E-state index is 12.4. The standard InChI is InChI=1S/C21H18N4O3/c1-27-18-9-7-15(8-10-18)13-25-14-17(12-22-25)23-21(26)19-11-20(28-24-19)16-5-3-2-4-6-16/h2-12,14H,13H2,1H3,(H,23,26). The largest absolute Gasteiger partial charge is 0.497 e. The van der Waals surface area contributed by atoms with Gasteiger partial charge in [0.05, 0.1) is 25.5 Å². The average Bonchev–Trinajstić information content (AvgIpc) is 3.39. The Labute approximate surface area is 161 Å². The zero-order valence-electron chi connectivity index (χ0n) is 15.2. The van der Waals surface area contributed by atoms with Crippen molar-refractivity contribution in [3.63, 3.8) is 0 Å². The van der Waals surface area contributed by atoms with Crippen LogP contribution >= 0.6 is 0 Å². The van der Waals surface area contributed by atoms with E-state index in [0.29, 0.717) is 18.0 Å². The normalized spacial score (nSPS) is 10.6. The quantitative estimate of drug-likeness (QED) is 0.554. The lowest BCUT2D eigenvalue weighted by Gasteiger charge is -2.03. The molecule has 28 heavy (non-hydrogen) atoms. The predicted octanol–water partition coefficient (Wildman–Crippen LogP) is 3.85. The van der Waals surface area contributed by atoms with E-state index in [2.05, 4.69) is 15.6 Å². The first-order valence-electron chi connectivity index (χ1n) is 8.70. The van der Waals surface area contributed by atoms with Crippen LogP contribution in [-0.2, 0) is 6.54 Å². The van der Waals surface area contributed by atoms with Crippen LogP contribution in [0, 0.1) is 0 Å². The second-order valence-electron chi connectivity index (χ2n) is 6.17. The predicted molar refractivity (Wildman–Crippen MR) is 104 cm³/mol. The summed E-state index contributed by atoms with van der Waals surface area (Å²) in [6.07, 6.45) is 3.36. The van der Waals surface area contributed by atoms with Gasteiger partial charge in [-0.1, -0.05) is 47.6 Å². The summed E-state index contributed by atoms with van der Waals surface area (Å²) >= 11 is 0. The topological polar surface area (TPSA) is 82.2 Å². The number of amides is 1. The molecule has 7 heteroatoms. The Morgan fingerprint density at radius 3 is 2.68 bits per heavy atom. The van der Waals surface area contributed by atoms with E-state index in [1.54, 1.807) is 30.3 Å². The van der Waals surface area contributed by atoms with E-state index >= 15 is 0 Å². The van der Waals surface area contributed by atoms with Gasteiger partial charge in [-0.25, -0.2) is 0 Å². The lowest BCUT2D eigenvalue weighted by molar-refractivity contribution is 0.101. The summed E-state index contributed by atoms with van der Waals surface area (Å²) in [7, 11) is 1.63. The molecule has 0 aliphatic carbocycles. The summed E-state index contributed by atoms with van der Waals surface area (Å²) in [6.45, 7) is 0.585. The number of nitrogens with zero attached hydrogens (tertiary/aromatic N) is 3. The van der Waals surface area contributed by atoms with Gasteiger partial charge < -0.3 is 14.6 Å².